The summed E-state index contributed by atoms with van der Waals surface area (Å²) in [6.45, 7) is 10.1. The minimum absolute atomic E-state index is 0.619. The van der Waals surface area contributed by atoms with Gasteiger partial charge in [0.2, 0.25) is 0 Å². The van der Waals surface area contributed by atoms with Gasteiger partial charge >= 0.3 is 5.97 Å². The molecule has 0 spiro atoms. The number of nitrogens with zero attached hydrogens (tertiary/aromatic N) is 2. The molecule has 0 saturated carbocycles. The van der Waals surface area contributed by atoms with E-state index in [1.807, 2.05) is 31.3 Å². The third-order valence-corrected chi connectivity index (χ3v) is 4.96. The Labute approximate surface area is 150 Å². The molecule has 1 aromatic heterocycles. The van der Waals surface area contributed by atoms with Crippen LogP contribution in [0.25, 0.3) is 10.9 Å². The van der Waals surface area contributed by atoms with Crippen LogP contribution in [0, 0.1) is 0 Å². The monoisotopic (exact) mass is 391 g/mol. The first kappa shape index (κ1) is 17.2. The van der Waals surface area contributed by atoms with Crippen LogP contribution in [0.2, 0.25) is 0 Å². The van der Waals surface area contributed by atoms with E-state index >= 15 is 0 Å². The lowest BCUT2D eigenvalue weighted by Crippen LogP contribution is -2.49. The number of benzene rings is 1. The van der Waals surface area contributed by atoms with Gasteiger partial charge in [0.1, 0.15) is 6.04 Å². The van der Waals surface area contributed by atoms with Gasteiger partial charge in [-0.3, -0.25) is 14.6 Å². The summed E-state index contributed by atoms with van der Waals surface area (Å²) in [4.78, 5) is 19.6. The van der Waals surface area contributed by atoms with Crippen molar-refractivity contribution in [1.82, 2.24) is 14.8 Å². The standard InChI is InChI=1S/C18H22BrN3O2/c1-12(2)11-21-5-7-22(8-6-21)17(18(23)24)15-10-20-16-9-13(19)3-4-14(15)16/h3-4,9-10,17,20H,1,5-8,11H2,2H3,(H,23,24). The van der Waals surface area contributed by atoms with Crippen LogP contribution in [-0.4, -0.2) is 58.6 Å². The summed E-state index contributed by atoms with van der Waals surface area (Å²) in [5.41, 5.74) is 2.92. The number of rotatable bonds is 5. The van der Waals surface area contributed by atoms with Gasteiger partial charge < -0.3 is 10.1 Å². The van der Waals surface area contributed by atoms with Gasteiger partial charge in [-0.15, -0.1) is 0 Å². The molecule has 128 valence electrons. The zero-order valence-electron chi connectivity index (χ0n) is 13.8. The molecule has 1 aliphatic rings. The fourth-order valence-corrected chi connectivity index (χ4v) is 3.76. The zero-order chi connectivity index (χ0) is 17.3. The van der Waals surface area contributed by atoms with Gasteiger partial charge in [0.15, 0.2) is 0 Å². The van der Waals surface area contributed by atoms with Crippen molar-refractivity contribution in [3.05, 3.63) is 46.6 Å². The SMILES string of the molecule is C=C(C)CN1CCN(C(C(=O)O)c2c[nH]c3cc(Br)ccc23)CC1. The van der Waals surface area contributed by atoms with Crippen molar-refractivity contribution in [2.75, 3.05) is 32.7 Å². The normalized spacial score (nSPS) is 17.9. The molecular weight excluding hydrogens is 370 g/mol. The second-order valence-electron chi connectivity index (χ2n) is 6.44. The Kier molecular flexibility index (Phi) is 5.08. The number of halogens is 1. The number of aromatic amines is 1. The average molecular weight is 392 g/mol. The number of aliphatic carboxylic acids is 1. The van der Waals surface area contributed by atoms with Gasteiger partial charge in [-0.1, -0.05) is 34.1 Å². The molecule has 0 amide bonds. The second kappa shape index (κ2) is 7.09. The maximum absolute atomic E-state index is 12.0. The molecule has 1 aromatic carbocycles. The third-order valence-electron chi connectivity index (χ3n) is 4.47. The van der Waals surface area contributed by atoms with Crippen molar-refractivity contribution < 1.29 is 9.90 Å². The van der Waals surface area contributed by atoms with E-state index in [1.165, 1.54) is 0 Å². The van der Waals surface area contributed by atoms with E-state index in [0.717, 1.165) is 59.2 Å². The summed E-state index contributed by atoms with van der Waals surface area (Å²) in [5, 5.41) is 10.8. The highest BCUT2D eigenvalue weighted by molar-refractivity contribution is 9.10. The Bertz CT molecular complexity index is 763. The quantitative estimate of drug-likeness (QED) is 0.767. The number of hydrogen-bond donors (Lipinski definition) is 2. The van der Waals surface area contributed by atoms with Crippen molar-refractivity contribution in [3.63, 3.8) is 0 Å². The first-order valence-electron chi connectivity index (χ1n) is 8.06. The lowest BCUT2D eigenvalue weighted by atomic mass is 10.0. The molecule has 5 nitrogen and oxygen atoms in total. The van der Waals surface area contributed by atoms with Crippen LogP contribution in [0.5, 0.6) is 0 Å². The summed E-state index contributed by atoms with van der Waals surface area (Å²) < 4.78 is 0.976. The molecule has 0 aliphatic carbocycles. The fraction of sp³-hybridized carbons (Fsp3) is 0.389. The molecule has 2 N–H and O–H groups in total. The van der Waals surface area contributed by atoms with Gasteiger partial charge in [-0.25, -0.2) is 0 Å². The van der Waals surface area contributed by atoms with Crippen LogP contribution in [0.3, 0.4) is 0 Å². The second-order valence-corrected chi connectivity index (χ2v) is 7.36. The lowest BCUT2D eigenvalue weighted by molar-refractivity contribution is -0.144. The minimum atomic E-state index is -0.799. The van der Waals surface area contributed by atoms with Crippen molar-refractivity contribution >= 4 is 32.8 Å². The number of carboxylic acids is 1. The van der Waals surface area contributed by atoms with Gasteiger partial charge in [-0.2, -0.15) is 0 Å². The molecule has 1 atom stereocenters. The van der Waals surface area contributed by atoms with Crippen LogP contribution < -0.4 is 0 Å². The number of aromatic nitrogens is 1. The molecule has 0 radical (unpaired) electrons. The summed E-state index contributed by atoms with van der Waals surface area (Å²) in [6, 6.07) is 5.27. The number of carboxylic acid groups (broad SMARTS) is 1. The van der Waals surface area contributed by atoms with E-state index in [9.17, 15) is 9.90 Å². The van der Waals surface area contributed by atoms with Crippen LogP contribution in [0.4, 0.5) is 0 Å². The molecular formula is C18H22BrN3O2. The van der Waals surface area contributed by atoms with E-state index in [2.05, 4.69) is 37.3 Å². The van der Waals surface area contributed by atoms with Crippen molar-refractivity contribution in [1.29, 1.82) is 0 Å². The third kappa shape index (κ3) is 3.55. The Balaban J connectivity index is 1.83. The molecule has 2 aromatic rings. The van der Waals surface area contributed by atoms with Crippen molar-refractivity contribution in [2.45, 2.75) is 13.0 Å². The number of hydrogen-bond acceptors (Lipinski definition) is 3. The van der Waals surface area contributed by atoms with E-state index < -0.39 is 12.0 Å². The van der Waals surface area contributed by atoms with E-state index in [-0.39, 0.29) is 0 Å². The van der Waals surface area contributed by atoms with Crippen LogP contribution in [-0.2, 0) is 4.79 Å². The zero-order valence-corrected chi connectivity index (χ0v) is 15.3. The summed E-state index contributed by atoms with van der Waals surface area (Å²) in [6.07, 6.45) is 1.83. The number of carbonyl (C=O) groups is 1. The highest BCUT2D eigenvalue weighted by Crippen LogP contribution is 2.31. The first-order valence-corrected chi connectivity index (χ1v) is 8.85. The van der Waals surface area contributed by atoms with E-state index in [4.69, 9.17) is 0 Å². The molecule has 0 bridgehead atoms. The van der Waals surface area contributed by atoms with Gasteiger partial charge in [0.25, 0.3) is 0 Å². The Morgan fingerprint density at radius 2 is 2.08 bits per heavy atom. The Morgan fingerprint density at radius 3 is 2.71 bits per heavy atom. The summed E-state index contributed by atoms with van der Waals surface area (Å²) in [5.74, 6) is -0.799. The molecule has 1 saturated heterocycles. The minimum Gasteiger partial charge on any atom is -0.480 e. The molecule has 2 heterocycles. The Morgan fingerprint density at radius 1 is 1.38 bits per heavy atom. The maximum Gasteiger partial charge on any atom is 0.325 e. The topological polar surface area (TPSA) is 59.6 Å². The highest BCUT2D eigenvalue weighted by atomic mass is 79.9. The predicted octanol–water partition coefficient (Wildman–Crippen LogP) is 3.25. The number of fused-ring (bicyclic) bond motifs is 1. The highest BCUT2D eigenvalue weighted by Gasteiger charge is 2.32. The molecule has 1 unspecified atom stereocenters. The number of piperazine rings is 1. The van der Waals surface area contributed by atoms with Crippen LogP contribution in [0.15, 0.2) is 41.0 Å². The summed E-state index contributed by atoms with van der Waals surface area (Å²) >= 11 is 3.45. The number of nitrogens with one attached hydrogen (secondary N) is 1. The van der Waals surface area contributed by atoms with Crippen molar-refractivity contribution in [2.24, 2.45) is 0 Å². The van der Waals surface area contributed by atoms with Gasteiger partial charge in [0, 0.05) is 59.9 Å². The lowest BCUT2D eigenvalue weighted by Gasteiger charge is -2.37. The molecule has 24 heavy (non-hydrogen) atoms. The maximum atomic E-state index is 12.0. The van der Waals surface area contributed by atoms with E-state index in [0.29, 0.717) is 0 Å². The first-order chi connectivity index (χ1) is 11.5. The van der Waals surface area contributed by atoms with Crippen LogP contribution >= 0.6 is 15.9 Å². The molecule has 1 fully saturated rings. The fourth-order valence-electron chi connectivity index (χ4n) is 3.39. The van der Waals surface area contributed by atoms with Gasteiger partial charge in [-0.05, 0) is 19.1 Å². The van der Waals surface area contributed by atoms with Crippen molar-refractivity contribution in [3.8, 4) is 0 Å². The summed E-state index contributed by atoms with van der Waals surface area (Å²) in [7, 11) is 0. The molecule has 1 aliphatic heterocycles. The molecule has 6 heteroatoms. The van der Waals surface area contributed by atoms with Gasteiger partial charge in [0.05, 0.1) is 0 Å². The average Bonchev–Trinajstić information content (AvgIpc) is 2.91. The largest absolute Gasteiger partial charge is 0.480 e. The predicted molar refractivity (Wildman–Crippen MR) is 99.2 cm³/mol. The number of H-pyrrole nitrogens is 1. The molecule has 3 rings (SSSR count). The Hall–Kier alpha value is -1.63. The smallest absolute Gasteiger partial charge is 0.325 e. The van der Waals surface area contributed by atoms with Crippen LogP contribution in [0.1, 0.15) is 18.5 Å². The van der Waals surface area contributed by atoms with E-state index in [1.54, 1.807) is 0 Å².